The fourth-order valence-electron chi connectivity index (χ4n) is 1.39. The Labute approximate surface area is 113 Å². The average Bonchev–Trinajstić information content (AvgIpc) is 2.29. The van der Waals surface area contributed by atoms with Crippen molar-refractivity contribution in [2.24, 2.45) is 0 Å². The van der Waals surface area contributed by atoms with Gasteiger partial charge in [-0.1, -0.05) is 27.5 Å². The largest absolute Gasteiger partial charge is 0.492 e. The number of rotatable bonds is 1. The molecule has 0 fully saturated rings. The molecule has 0 spiro atoms. The molecule has 2 rings (SSSR count). The summed E-state index contributed by atoms with van der Waals surface area (Å²) in [7, 11) is 0. The summed E-state index contributed by atoms with van der Waals surface area (Å²) in [6.07, 6.45) is 0. The molecule has 0 aliphatic carbocycles. The molecule has 0 aliphatic rings. The molecule has 0 saturated heterocycles. The van der Waals surface area contributed by atoms with E-state index in [4.69, 9.17) is 11.6 Å². The van der Waals surface area contributed by atoms with Crippen LogP contribution < -0.4 is 11.2 Å². The standard InChI is InChI=1S/C10H5BrClFN2O3/c11-4-1-2-6(5(12)3-4)15-9(17)7(13)8(16)14-10(15)18/h1-3,17H,(H,14,16,18). The van der Waals surface area contributed by atoms with Gasteiger partial charge >= 0.3 is 5.69 Å². The minimum absolute atomic E-state index is 0.0533. The van der Waals surface area contributed by atoms with E-state index in [2.05, 4.69) is 15.9 Å². The summed E-state index contributed by atoms with van der Waals surface area (Å²) in [5.74, 6) is -2.54. The van der Waals surface area contributed by atoms with Crippen LogP contribution in [0.15, 0.2) is 32.3 Å². The number of aromatic nitrogens is 2. The van der Waals surface area contributed by atoms with Crippen molar-refractivity contribution >= 4 is 27.5 Å². The van der Waals surface area contributed by atoms with E-state index >= 15 is 0 Å². The second-order valence-corrected chi connectivity index (χ2v) is 4.65. The topological polar surface area (TPSA) is 75.1 Å². The molecular weight excluding hydrogens is 330 g/mol. The highest BCUT2D eigenvalue weighted by atomic mass is 79.9. The molecule has 1 aromatic heterocycles. The molecule has 0 radical (unpaired) electrons. The number of benzene rings is 1. The Kier molecular flexibility index (Phi) is 3.27. The van der Waals surface area contributed by atoms with Crippen molar-refractivity contribution in [1.29, 1.82) is 0 Å². The lowest BCUT2D eigenvalue weighted by Gasteiger charge is -2.09. The predicted molar refractivity (Wildman–Crippen MR) is 67.0 cm³/mol. The molecular formula is C10H5BrClFN2O3. The molecule has 2 N–H and O–H groups in total. The highest BCUT2D eigenvalue weighted by Crippen LogP contribution is 2.26. The van der Waals surface area contributed by atoms with Crippen molar-refractivity contribution in [2.75, 3.05) is 0 Å². The summed E-state index contributed by atoms with van der Waals surface area (Å²) in [6.45, 7) is 0. The second-order valence-electron chi connectivity index (χ2n) is 3.33. The van der Waals surface area contributed by atoms with Crippen LogP contribution >= 0.6 is 27.5 Å². The zero-order chi connectivity index (χ0) is 13.4. The number of aromatic amines is 1. The molecule has 94 valence electrons. The Balaban J connectivity index is 2.84. The van der Waals surface area contributed by atoms with E-state index < -0.39 is 22.9 Å². The van der Waals surface area contributed by atoms with E-state index in [0.29, 0.717) is 9.04 Å². The number of aromatic hydroxyl groups is 1. The van der Waals surface area contributed by atoms with Crippen molar-refractivity contribution < 1.29 is 9.50 Å². The highest BCUT2D eigenvalue weighted by molar-refractivity contribution is 9.10. The third-order valence-corrected chi connectivity index (χ3v) is 2.98. The monoisotopic (exact) mass is 334 g/mol. The van der Waals surface area contributed by atoms with Crippen LogP contribution in [0.2, 0.25) is 5.02 Å². The third kappa shape index (κ3) is 2.06. The van der Waals surface area contributed by atoms with Crippen LogP contribution in [-0.4, -0.2) is 14.7 Å². The van der Waals surface area contributed by atoms with E-state index in [9.17, 15) is 19.1 Å². The number of H-pyrrole nitrogens is 1. The van der Waals surface area contributed by atoms with Gasteiger partial charge in [-0.15, -0.1) is 0 Å². The first kappa shape index (κ1) is 12.8. The van der Waals surface area contributed by atoms with E-state index in [-0.39, 0.29) is 10.7 Å². The summed E-state index contributed by atoms with van der Waals surface area (Å²) >= 11 is 9.05. The van der Waals surface area contributed by atoms with E-state index in [1.165, 1.54) is 12.1 Å². The fraction of sp³-hybridized carbons (Fsp3) is 0. The number of halogens is 3. The summed E-state index contributed by atoms with van der Waals surface area (Å²) in [6, 6.07) is 4.41. The molecule has 5 nitrogen and oxygen atoms in total. The molecule has 1 heterocycles. The predicted octanol–water partition coefficient (Wildman–Crippen LogP) is 1.79. The Morgan fingerprint density at radius 3 is 2.67 bits per heavy atom. The molecule has 0 bridgehead atoms. The minimum atomic E-state index is -1.45. The molecule has 8 heteroatoms. The Hall–Kier alpha value is -1.60. The molecule has 0 atom stereocenters. The summed E-state index contributed by atoms with van der Waals surface area (Å²) in [4.78, 5) is 24.2. The van der Waals surface area contributed by atoms with Crippen molar-refractivity contribution in [3.63, 3.8) is 0 Å². The van der Waals surface area contributed by atoms with Gasteiger partial charge in [0, 0.05) is 4.47 Å². The lowest BCUT2D eigenvalue weighted by molar-refractivity contribution is 0.386. The van der Waals surface area contributed by atoms with Crippen molar-refractivity contribution in [3.8, 4) is 11.6 Å². The zero-order valence-corrected chi connectivity index (χ0v) is 10.9. The highest BCUT2D eigenvalue weighted by Gasteiger charge is 2.16. The molecule has 0 aliphatic heterocycles. The van der Waals surface area contributed by atoms with Crippen molar-refractivity contribution in [3.05, 3.63) is 54.3 Å². The quantitative estimate of drug-likeness (QED) is 0.834. The van der Waals surface area contributed by atoms with E-state index in [1.807, 2.05) is 0 Å². The van der Waals surface area contributed by atoms with Gasteiger partial charge in [0.25, 0.3) is 5.56 Å². The van der Waals surface area contributed by atoms with Gasteiger partial charge in [-0.25, -0.2) is 9.36 Å². The number of hydrogen-bond acceptors (Lipinski definition) is 3. The Morgan fingerprint density at radius 2 is 2.06 bits per heavy atom. The number of nitrogens with one attached hydrogen (secondary N) is 1. The summed E-state index contributed by atoms with van der Waals surface area (Å²) < 4.78 is 14.5. The summed E-state index contributed by atoms with van der Waals surface area (Å²) in [5, 5.41) is 9.61. The van der Waals surface area contributed by atoms with Gasteiger partial charge in [0.15, 0.2) is 0 Å². The van der Waals surface area contributed by atoms with Crippen LogP contribution in [-0.2, 0) is 0 Å². The SMILES string of the molecule is O=c1[nH]c(=O)n(-c2ccc(Br)cc2Cl)c(O)c1F. The lowest BCUT2D eigenvalue weighted by atomic mass is 10.3. The maximum Gasteiger partial charge on any atom is 0.335 e. The van der Waals surface area contributed by atoms with Crippen LogP contribution in [0, 0.1) is 5.82 Å². The molecule has 0 amide bonds. The van der Waals surface area contributed by atoms with Gasteiger partial charge in [0.1, 0.15) is 0 Å². The van der Waals surface area contributed by atoms with Gasteiger partial charge in [0.05, 0.1) is 10.7 Å². The third-order valence-electron chi connectivity index (χ3n) is 2.18. The maximum absolute atomic E-state index is 13.3. The molecule has 2 aromatic rings. The first-order valence-corrected chi connectivity index (χ1v) is 5.78. The lowest BCUT2D eigenvalue weighted by Crippen LogP contribution is -2.31. The van der Waals surface area contributed by atoms with Gasteiger partial charge < -0.3 is 5.11 Å². The molecule has 0 unspecified atom stereocenters. The van der Waals surface area contributed by atoms with E-state index in [0.717, 1.165) is 0 Å². The van der Waals surface area contributed by atoms with E-state index in [1.54, 1.807) is 11.1 Å². The van der Waals surface area contributed by atoms with Gasteiger partial charge in [-0.2, -0.15) is 4.39 Å². The molecule has 18 heavy (non-hydrogen) atoms. The molecule has 1 aromatic carbocycles. The number of hydrogen-bond donors (Lipinski definition) is 2. The minimum Gasteiger partial charge on any atom is -0.492 e. The van der Waals surface area contributed by atoms with Gasteiger partial charge in [-0.05, 0) is 18.2 Å². The maximum atomic E-state index is 13.3. The van der Waals surface area contributed by atoms with Crippen LogP contribution in [0.5, 0.6) is 5.88 Å². The van der Waals surface area contributed by atoms with Crippen molar-refractivity contribution in [1.82, 2.24) is 9.55 Å². The van der Waals surface area contributed by atoms with Crippen LogP contribution in [0.1, 0.15) is 0 Å². The number of nitrogens with zero attached hydrogens (tertiary/aromatic N) is 1. The Morgan fingerprint density at radius 1 is 1.39 bits per heavy atom. The first-order chi connectivity index (χ1) is 8.41. The van der Waals surface area contributed by atoms with Crippen LogP contribution in [0.3, 0.4) is 0 Å². The first-order valence-electron chi connectivity index (χ1n) is 4.61. The fourth-order valence-corrected chi connectivity index (χ4v) is 2.15. The zero-order valence-electron chi connectivity index (χ0n) is 8.58. The van der Waals surface area contributed by atoms with Crippen LogP contribution in [0.25, 0.3) is 5.69 Å². The van der Waals surface area contributed by atoms with Gasteiger partial charge in [-0.3, -0.25) is 9.78 Å². The second kappa shape index (κ2) is 4.58. The smallest absolute Gasteiger partial charge is 0.335 e. The van der Waals surface area contributed by atoms with Gasteiger partial charge in [0.2, 0.25) is 11.7 Å². The summed E-state index contributed by atoms with van der Waals surface area (Å²) in [5.41, 5.74) is -2.22. The normalized spacial score (nSPS) is 10.6. The Bertz CT molecular complexity index is 741. The van der Waals surface area contributed by atoms with Crippen molar-refractivity contribution in [2.45, 2.75) is 0 Å². The molecule has 0 saturated carbocycles. The average molecular weight is 336 g/mol. The van der Waals surface area contributed by atoms with Crippen LogP contribution in [0.4, 0.5) is 4.39 Å².